The second-order valence-electron chi connectivity index (χ2n) is 3.50. The van der Waals surface area contributed by atoms with Crippen LogP contribution >= 0.6 is 11.6 Å². The number of anilines is 1. The summed E-state index contributed by atoms with van der Waals surface area (Å²) in [6.45, 7) is 5.96. The molecule has 82 valence electrons. The van der Waals surface area contributed by atoms with Crippen LogP contribution in [0.15, 0.2) is 6.33 Å². The summed E-state index contributed by atoms with van der Waals surface area (Å²) < 4.78 is 5.75. The Morgan fingerprint density at radius 1 is 1.53 bits per heavy atom. The van der Waals surface area contributed by atoms with E-state index in [-0.39, 0.29) is 6.10 Å². The fourth-order valence-electron chi connectivity index (χ4n) is 1.70. The molecule has 15 heavy (non-hydrogen) atoms. The minimum atomic E-state index is 0.181. The predicted molar refractivity (Wildman–Crippen MR) is 59.6 cm³/mol. The van der Waals surface area contributed by atoms with Gasteiger partial charge in [-0.3, -0.25) is 0 Å². The maximum atomic E-state index is 5.98. The standard InChI is InChI=1S/C10H14ClN3O/c1-3-7-5-14(4-2)10-8(15-7)9(11)12-6-13-10/h6-7H,3-5H2,1-2H3. The molecule has 0 aliphatic carbocycles. The van der Waals surface area contributed by atoms with Crippen LogP contribution in [0.2, 0.25) is 5.15 Å². The molecular weight excluding hydrogens is 214 g/mol. The van der Waals surface area contributed by atoms with E-state index in [1.54, 1.807) is 0 Å². The molecule has 0 N–H and O–H groups in total. The molecule has 0 radical (unpaired) electrons. The lowest BCUT2D eigenvalue weighted by molar-refractivity contribution is 0.187. The maximum absolute atomic E-state index is 5.98. The van der Waals surface area contributed by atoms with Crippen molar-refractivity contribution in [2.24, 2.45) is 0 Å². The molecule has 1 aromatic rings. The van der Waals surface area contributed by atoms with Gasteiger partial charge >= 0.3 is 0 Å². The molecule has 1 atom stereocenters. The zero-order chi connectivity index (χ0) is 10.8. The summed E-state index contributed by atoms with van der Waals surface area (Å²) in [5.41, 5.74) is 0. The van der Waals surface area contributed by atoms with Crippen molar-refractivity contribution in [3.63, 3.8) is 0 Å². The highest BCUT2D eigenvalue weighted by molar-refractivity contribution is 6.31. The zero-order valence-electron chi connectivity index (χ0n) is 8.90. The summed E-state index contributed by atoms with van der Waals surface area (Å²) in [6.07, 6.45) is 2.61. The summed E-state index contributed by atoms with van der Waals surface area (Å²) >= 11 is 5.98. The van der Waals surface area contributed by atoms with Crippen LogP contribution in [0.5, 0.6) is 5.75 Å². The first kappa shape index (κ1) is 10.5. The third-order valence-corrected chi connectivity index (χ3v) is 2.86. The predicted octanol–water partition coefficient (Wildman–Crippen LogP) is 2.13. The number of nitrogens with zero attached hydrogens (tertiary/aromatic N) is 3. The van der Waals surface area contributed by atoms with Crippen LogP contribution in [0, 0.1) is 0 Å². The van der Waals surface area contributed by atoms with Crippen molar-refractivity contribution in [3.05, 3.63) is 11.5 Å². The fraction of sp³-hybridized carbons (Fsp3) is 0.600. The van der Waals surface area contributed by atoms with E-state index in [1.807, 2.05) is 0 Å². The Hall–Kier alpha value is -1.03. The molecule has 0 saturated carbocycles. The maximum Gasteiger partial charge on any atom is 0.199 e. The van der Waals surface area contributed by atoms with Crippen molar-refractivity contribution in [2.45, 2.75) is 26.4 Å². The highest BCUT2D eigenvalue weighted by atomic mass is 35.5. The van der Waals surface area contributed by atoms with Crippen LogP contribution < -0.4 is 9.64 Å². The van der Waals surface area contributed by atoms with Gasteiger partial charge in [0.25, 0.3) is 0 Å². The van der Waals surface area contributed by atoms with Gasteiger partial charge in [-0.2, -0.15) is 0 Å². The molecule has 4 nitrogen and oxygen atoms in total. The van der Waals surface area contributed by atoms with Gasteiger partial charge in [0.2, 0.25) is 0 Å². The van der Waals surface area contributed by atoms with Gasteiger partial charge in [0, 0.05) is 6.54 Å². The lowest BCUT2D eigenvalue weighted by Gasteiger charge is -2.34. The van der Waals surface area contributed by atoms with Crippen LogP contribution in [0.3, 0.4) is 0 Å². The van der Waals surface area contributed by atoms with Crippen molar-refractivity contribution < 1.29 is 4.74 Å². The van der Waals surface area contributed by atoms with Gasteiger partial charge < -0.3 is 9.64 Å². The summed E-state index contributed by atoms with van der Waals surface area (Å²) in [5.74, 6) is 1.43. The molecular formula is C10H14ClN3O. The lowest BCUT2D eigenvalue weighted by Crippen LogP contribution is -2.40. The fourth-order valence-corrected chi connectivity index (χ4v) is 1.87. The average Bonchev–Trinajstić information content (AvgIpc) is 2.28. The molecule has 0 fully saturated rings. The summed E-state index contributed by atoms with van der Waals surface area (Å²) in [5, 5.41) is 0.400. The van der Waals surface area contributed by atoms with E-state index in [4.69, 9.17) is 16.3 Å². The quantitative estimate of drug-likeness (QED) is 0.726. The third kappa shape index (κ3) is 1.86. The first-order chi connectivity index (χ1) is 7.26. The molecule has 2 rings (SSSR count). The molecule has 5 heteroatoms. The topological polar surface area (TPSA) is 38.2 Å². The van der Waals surface area contributed by atoms with Crippen LogP contribution in [-0.4, -0.2) is 29.2 Å². The van der Waals surface area contributed by atoms with Crippen molar-refractivity contribution >= 4 is 17.4 Å². The molecule has 1 aliphatic heterocycles. The molecule has 0 spiro atoms. The number of halogens is 1. The average molecular weight is 228 g/mol. The number of aromatic nitrogens is 2. The van der Waals surface area contributed by atoms with Crippen molar-refractivity contribution in [3.8, 4) is 5.75 Å². The van der Waals surface area contributed by atoms with E-state index in [2.05, 4.69) is 28.7 Å². The van der Waals surface area contributed by atoms with E-state index in [0.717, 1.165) is 25.3 Å². The van der Waals surface area contributed by atoms with Gasteiger partial charge in [0.15, 0.2) is 16.7 Å². The normalized spacial score (nSPS) is 19.7. The van der Waals surface area contributed by atoms with Crippen molar-refractivity contribution in [1.29, 1.82) is 0 Å². The van der Waals surface area contributed by atoms with E-state index in [0.29, 0.717) is 10.9 Å². The summed E-state index contributed by atoms with van der Waals surface area (Å²) in [6, 6.07) is 0. The minimum absolute atomic E-state index is 0.181. The summed E-state index contributed by atoms with van der Waals surface area (Å²) in [4.78, 5) is 10.3. The van der Waals surface area contributed by atoms with E-state index in [1.165, 1.54) is 6.33 Å². The van der Waals surface area contributed by atoms with Gasteiger partial charge in [-0.15, -0.1) is 0 Å². The third-order valence-electron chi connectivity index (χ3n) is 2.59. The highest BCUT2D eigenvalue weighted by Gasteiger charge is 2.27. The number of likely N-dealkylation sites (N-methyl/N-ethyl adjacent to an activating group) is 1. The molecule has 1 aliphatic rings. The molecule has 1 unspecified atom stereocenters. The molecule has 0 aromatic carbocycles. The van der Waals surface area contributed by atoms with Crippen molar-refractivity contribution in [2.75, 3.05) is 18.0 Å². The van der Waals surface area contributed by atoms with Crippen LogP contribution in [-0.2, 0) is 0 Å². The largest absolute Gasteiger partial charge is 0.482 e. The Morgan fingerprint density at radius 2 is 2.33 bits per heavy atom. The molecule has 0 saturated heterocycles. The second-order valence-corrected chi connectivity index (χ2v) is 3.86. The molecule has 0 amide bonds. The van der Waals surface area contributed by atoms with Gasteiger partial charge in [0.1, 0.15) is 12.4 Å². The minimum Gasteiger partial charge on any atom is -0.482 e. The van der Waals surface area contributed by atoms with Gasteiger partial charge in [-0.25, -0.2) is 9.97 Å². The molecule has 1 aromatic heterocycles. The van der Waals surface area contributed by atoms with Crippen LogP contribution in [0.25, 0.3) is 0 Å². The van der Waals surface area contributed by atoms with E-state index < -0.39 is 0 Å². The highest BCUT2D eigenvalue weighted by Crippen LogP contribution is 2.36. The number of ether oxygens (including phenoxy) is 1. The van der Waals surface area contributed by atoms with Crippen molar-refractivity contribution in [1.82, 2.24) is 9.97 Å². The van der Waals surface area contributed by atoms with Crippen LogP contribution in [0.1, 0.15) is 20.3 Å². The Balaban J connectivity index is 2.39. The first-order valence-electron chi connectivity index (χ1n) is 5.18. The zero-order valence-corrected chi connectivity index (χ0v) is 9.66. The smallest absolute Gasteiger partial charge is 0.199 e. The van der Waals surface area contributed by atoms with E-state index >= 15 is 0 Å². The van der Waals surface area contributed by atoms with Gasteiger partial charge in [-0.1, -0.05) is 18.5 Å². The molecule has 0 bridgehead atoms. The number of fused-ring (bicyclic) bond motifs is 1. The summed E-state index contributed by atoms with van der Waals surface area (Å²) in [7, 11) is 0. The number of hydrogen-bond donors (Lipinski definition) is 0. The second kappa shape index (κ2) is 4.23. The first-order valence-corrected chi connectivity index (χ1v) is 5.56. The monoisotopic (exact) mass is 227 g/mol. The molecule has 2 heterocycles. The number of hydrogen-bond acceptors (Lipinski definition) is 4. The van der Waals surface area contributed by atoms with E-state index in [9.17, 15) is 0 Å². The van der Waals surface area contributed by atoms with Gasteiger partial charge in [0.05, 0.1) is 6.54 Å². The van der Waals surface area contributed by atoms with Crippen LogP contribution in [0.4, 0.5) is 5.82 Å². The van der Waals surface area contributed by atoms with Gasteiger partial charge in [-0.05, 0) is 13.3 Å². The number of rotatable bonds is 2. The Bertz CT molecular complexity index is 359. The SMILES string of the molecule is CCC1CN(CC)c2ncnc(Cl)c2O1. The lowest BCUT2D eigenvalue weighted by atomic mass is 10.2. The Labute approximate surface area is 94.2 Å². The Kier molecular flexibility index (Phi) is 2.95. The Morgan fingerprint density at radius 3 is 3.00 bits per heavy atom.